The molecule has 5 heterocycles. The maximum atomic E-state index is 13.5. The van der Waals surface area contributed by atoms with E-state index in [4.69, 9.17) is 29.2 Å². The molecule has 0 bridgehead atoms. The van der Waals surface area contributed by atoms with Crippen LogP contribution in [0.3, 0.4) is 0 Å². The van der Waals surface area contributed by atoms with Crippen LogP contribution in [0.15, 0.2) is 31.6 Å². The molecule has 5 rings (SSSR count). The van der Waals surface area contributed by atoms with Crippen LogP contribution in [0.4, 0.5) is 8.78 Å². The minimum atomic E-state index is -1.69. The molecule has 0 saturated carbocycles. The second-order valence-corrected chi connectivity index (χ2v) is 10.6. The number of H-pyrrole nitrogens is 2. The second kappa shape index (κ2) is 14.9. The van der Waals surface area contributed by atoms with Crippen LogP contribution in [0.1, 0.15) is 12.5 Å². The van der Waals surface area contributed by atoms with Crippen molar-refractivity contribution in [2.75, 3.05) is 19.8 Å². The number of aromatic amines is 2. The fourth-order valence-corrected chi connectivity index (χ4v) is 4.90. The Kier molecular flexibility index (Phi) is 11.5. The van der Waals surface area contributed by atoms with Crippen molar-refractivity contribution in [1.29, 1.82) is 0 Å². The van der Waals surface area contributed by atoms with Gasteiger partial charge < -0.3 is 64.9 Å². The third-order valence-corrected chi connectivity index (χ3v) is 7.52. The highest BCUT2D eigenvalue weighted by atomic mass is 19.1. The quantitative estimate of drug-likeness (QED) is 0.129. The van der Waals surface area contributed by atoms with E-state index in [2.05, 4.69) is 0 Å². The molecule has 3 saturated heterocycles. The number of nitrogens with zero attached hydrogens (tertiary/aromatic N) is 2. The minimum Gasteiger partial charge on any atom is -0.394 e. The van der Waals surface area contributed by atoms with Crippen LogP contribution in [-0.4, -0.2) is 152 Å². The molecule has 0 spiro atoms. The van der Waals surface area contributed by atoms with Crippen LogP contribution >= 0.6 is 0 Å². The first-order chi connectivity index (χ1) is 22.1. The molecule has 264 valence electrons. The van der Waals surface area contributed by atoms with Gasteiger partial charge in [-0.1, -0.05) is 0 Å². The molecule has 47 heavy (non-hydrogen) atoms. The molecule has 21 nitrogen and oxygen atoms in total. The van der Waals surface area contributed by atoms with Gasteiger partial charge in [0.15, 0.2) is 18.7 Å². The summed E-state index contributed by atoms with van der Waals surface area (Å²) in [5.74, 6) is -2.54. The summed E-state index contributed by atoms with van der Waals surface area (Å²) in [7, 11) is 0. The van der Waals surface area contributed by atoms with E-state index in [0.717, 1.165) is 0 Å². The van der Waals surface area contributed by atoms with Gasteiger partial charge in [-0.3, -0.25) is 28.7 Å². The van der Waals surface area contributed by atoms with Crippen molar-refractivity contribution in [2.45, 2.75) is 79.8 Å². The van der Waals surface area contributed by atoms with Crippen LogP contribution < -0.4 is 22.5 Å². The number of ether oxygens (including phenoxy) is 4. The number of aliphatic hydroxyl groups is 9. The zero-order valence-corrected chi connectivity index (χ0v) is 23.7. The van der Waals surface area contributed by atoms with E-state index in [-0.39, 0.29) is 0 Å². The number of halogens is 2. The molecule has 0 unspecified atom stereocenters. The summed E-state index contributed by atoms with van der Waals surface area (Å²) in [6.45, 7) is -1.76. The summed E-state index contributed by atoms with van der Waals surface area (Å²) < 4.78 is 48.4. The predicted octanol–water partition coefficient (Wildman–Crippen LogP) is -7.60. The Morgan fingerprint density at radius 2 is 1.02 bits per heavy atom. The third-order valence-electron chi connectivity index (χ3n) is 7.52. The van der Waals surface area contributed by atoms with Gasteiger partial charge in [0.05, 0.1) is 32.2 Å². The van der Waals surface area contributed by atoms with Crippen molar-refractivity contribution >= 4 is 0 Å². The topological polar surface area (TPSA) is 329 Å². The molecular weight excluding hydrogens is 654 g/mol. The summed E-state index contributed by atoms with van der Waals surface area (Å²) in [4.78, 5) is 48.6. The number of hydrogen-bond donors (Lipinski definition) is 11. The van der Waals surface area contributed by atoms with Crippen molar-refractivity contribution in [1.82, 2.24) is 19.1 Å². The molecule has 13 atom stereocenters. The van der Waals surface area contributed by atoms with Crippen molar-refractivity contribution in [3.8, 4) is 0 Å². The van der Waals surface area contributed by atoms with Crippen molar-refractivity contribution < 1.29 is 73.7 Å². The Bertz CT molecular complexity index is 1620. The maximum Gasteiger partial charge on any atom is 0.330 e. The van der Waals surface area contributed by atoms with Crippen molar-refractivity contribution in [2.24, 2.45) is 0 Å². The first-order valence-electron chi connectivity index (χ1n) is 13.7. The van der Waals surface area contributed by atoms with Crippen LogP contribution in [0.25, 0.3) is 0 Å². The SMILES string of the molecule is O=c1[nH]c(=O)n([C@@H]2O[C@H](CO)[C@@H](O)[C@H]2O)cc1F.O=c1[nH]c(=O)n([C@@H]2O[C@H](CO[C@@H]3O[C@H](CO)[C@H](O)[C@H](O)[C@H]3O)[C@@H](O)[C@H]2O)cc1F. The lowest BCUT2D eigenvalue weighted by Gasteiger charge is -2.39. The predicted molar refractivity (Wildman–Crippen MR) is 141 cm³/mol. The van der Waals surface area contributed by atoms with Gasteiger partial charge >= 0.3 is 11.4 Å². The molecule has 2 aromatic heterocycles. The van der Waals surface area contributed by atoms with Crippen molar-refractivity contribution in [3.05, 3.63) is 65.7 Å². The number of aromatic nitrogens is 4. The van der Waals surface area contributed by atoms with Crippen LogP contribution in [0, 0.1) is 11.6 Å². The molecule has 2 aromatic rings. The Labute approximate surface area is 258 Å². The van der Waals surface area contributed by atoms with E-state index in [1.54, 1.807) is 9.97 Å². The van der Waals surface area contributed by atoms with E-state index in [1.807, 2.05) is 0 Å². The summed E-state index contributed by atoms with van der Waals surface area (Å²) in [6.07, 6.45) is -18.1. The van der Waals surface area contributed by atoms with Gasteiger partial charge in [0.1, 0.15) is 61.0 Å². The number of nitrogens with one attached hydrogen (secondary N) is 2. The molecule has 0 radical (unpaired) electrons. The zero-order valence-electron chi connectivity index (χ0n) is 23.7. The molecule has 3 aliphatic heterocycles. The Morgan fingerprint density at radius 1 is 0.617 bits per heavy atom. The van der Waals surface area contributed by atoms with Crippen molar-refractivity contribution in [3.63, 3.8) is 0 Å². The summed E-state index contributed by atoms with van der Waals surface area (Å²) in [5.41, 5.74) is -4.52. The molecule has 23 heteroatoms. The van der Waals surface area contributed by atoms with E-state index in [0.29, 0.717) is 21.5 Å². The molecule has 0 amide bonds. The van der Waals surface area contributed by atoms with Crippen LogP contribution in [-0.2, 0) is 18.9 Å². The van der Waals surface area contributed by atoms with Gasteiger partial charge in [-0.2, -0.15) is 8.78 Å². The number of aliphatic hydroxyl groups excluding tert-OH is 9. The Balaban J connectivity index is 0.000000238. The summed E-state index contributed by atoms with van der Waals surface area (Å²) >= 11 is 0. The van der Waals surface area contributed by atoms with Gasteiger partial charge in [0.25, 0.3) is 11.1 Å². The van der Waals surface area contributed by atoms with Gasteiger partial charge in [-0.05, 0) is 0 Å². The molecule has 0 aromatic carbocycles. The molecule has 0 aliphatic carbocycles. The van der Waals surface area contributed by atoms with Gasteiger partial charge in [0.2, 0.25) is 11.6 Å². The highest BCUT2D eigenvalue weighted by molar-refractivity contribution is 4.96. The molecule has 11 N–H and O–H groups in total. The fourth-order valence-electron chi connectivity index (χ4n) is 4.90. The van der Waals surface area contributed by atoms with E-state index < -0.39 is 134 Å². The van der Waals surface area contributed by atoms with E-state index >= 15 is 0 Å². The Morgan fingerprint density at radius 3 is 1.47 bits per heavy atom. The lowest BCUT2D eigenvalue weighted by molar-refractivity contribution is -0.306. The lowest BCUT2D eigenvalue weighted by Crippen LogP contribution is -2.59. The fraction of sp³-hybridized carbons (Fsp3) is 0.667. The van der Waals surface area contributed by atoms with Crippen LogP contribution in [0.5, 0.6) is 0 Å². The third kappa shape index (κ3) is 7.41. The number of hydrogen-bond acceptors (Lipinski definition) is 17. The normalized spacial score (nSPS) is 37.0. The van der Waals surface area contributed by atoms with Crippen LogP contribution in [0.2, 0.25) is 0 Å². The minimum absolute atomic E-state index is 0.516. The second-order valence-electron chi connectivity index (χ2n) is 10.6. The maximum absolute atomic E-state index is 13.5. The zero-order chi connectivity index (χ0) is 34.9. The summed E-state index contributed by atoms with van der Waals surface area (Å²) in [5, 5.41) is 86.8. The first-order valence-corrected chi connectivity index (χ1v) is 13.7. The number of rotatable bonds is 7. The first kappa shape index (κ1) is 36.5. The smallest absolute Gasteiger partial charge is 0.330 e. The highest BCUT2D eigenvalue weighted by Gasteiger charge is 2.48. The Hall–Kier alpha value is -3.30. The van der Waals surface area contributed by atoms with Gasteiger partial charge in [-0.15, -0.1) is 0 Å². The standard InChI is InChI=1S/C15H21FN2O11.C9H11FN2O6/c16-4-1-18(15(26)17-12(4)25)13-10(23)8(21)6(28-13)3-27-14-11(24)9(22)7(20)5(2-19)29-14;10-3-1-12(9(17)11-7(3)16)8-6(15)5(14)4(2-13)18-8/h1,5-11,13-14,19-24H,2-3H2,(H,17,25,26);1,4-6,8,13-15H,2H2,(H,11,16,17)/t5-,6-,7+,8-,9+,10-,11-,13-,14-;4-,5-,6-,8-/m11/s1. The average molecular weight is 687 g/mol. The molecule has 3 fully saturated rings. The van der Waals surface area contributed by atoms with E-state index in [1.165, 1.54) is 0 Å². The van der Waals surface area contributed by atoms with E-state index in [9.17, 15) is 63.7 Å². The molecular formula is C24H32F2N4O17. The largest absolute Gasteiger partial charge is 0.394 e. The van der Waals surface area contributed by atoms with Gasteiger partial charge in [0, 0.05) is 0 Å². The summed E-state index contributed by atoms with van der Waals surface area (Å²) in [6, 6.07) is 0. The van der Waals surface area contributed by atoms with Gasteiger partial charge in [-0.25, -0.2) is 9.59 Å². The molecule has 3 aliphatic rings. The monoisotopic (exact) mass is 686 g/mol. The lowest BCUT2D eigenvalue weighted by atomic mass is 9.99. The highest BCUT2D eigenvalue weighted by Crippen LogP contribution is 2.30. The average Bonchev–Trinajstić information content (AvgIpc) is 3.48.